The Morgan fingerprint density at radius 2 is 2.17 bits per heavy atom. The van der Waals surface area contributed by atoms with E-state index < -0.39 is 17.7 Å². The minimum Gasteiger partial charge on any atom is -0.376 e. The van der Waals surface area contributed by atoms with Crippen molar-refractivity contribution in [3.63, 3.8) is 0 Å². The van der Waals surface area contributed by atoms with Crippen LogP contribution in [-0.4, -0.2) is 40.0 Å². The summed E-state index contributed by atoms with van der Waals surface area (Å²) in [6.07, 6.45) is 2.16. The Hall–Kier alpha value is -1.82. The highest BCUT2D eigenvalue weighted by molar-refractivity contribution is 14.0. The molecule has 0 amide bonds. The SMILES string of the molecule is Cc1nnc(CN=C(NCC2CCCO2)NC(C)c2ccc(F)cc2F)n1C.I. The minimum atomic E-state index is -0.600. The van der Waals surface area contributed by atoms with E-state index in [1.54, 1.807) is 6.92 Å². The monoisotopic (exact) mass is 520 g/mol. The lowest BCUT2D eigenvalue weighted by atomic mass is 10.1. The van der Waals surface area contributed by atoms with Gasteiger partial charge in [-0.1, -0.05) is 6.07 Å². The third-order valence-electron chi connectivity index (χ3n) is 4.86. The van der Waals surface area contributed by atoms with Crippen LogP contribution >= 0.6 is 24.0 Å². The molecule has 2 unspecified atom stereocenters. The van der Waals surface area contributed by atoms with E-state index in [0.29, 0.717) is 24.6 Å². The number of hydrogen-bond acceptors (Lipinski definition) is 4. The molecule has 0 aliphatic carbocycles. The lowest BCUT2D eigenvalue weighted by Crippen LogP contribution is -2.42. The molecule has 2 heterocycles. The van der Waals surface area contributed by atoms with E-state index in [4.69, 9.17) is 4.74 Å². The summed E-state index contributed by atoms with van der Waals surface area (Å²) in [4.78, 5) is 4.56. The van der Waals surface area contributed by atoms with Gasteiger partial charge in [0.05, 0.1) is 12.1 Å². The molecule has 2 atom stereocenters. The van der Waals surface area contributed by atoms with Crippen LogP contribution in [0.1, 0.15) is 43.0 Å². The predicted molar refractivity (Wildman–Crippen MR) is 117 cm³/mol. The summed E-state index contributed by atoms with van der Waals surface area (Å²) in [6.45, 7) is 5.35. The van der Waals surface area contributed by atoms with Crippen LogP contribution in [0.4, 0.5) is 8.78 Å². The summed E-state index contributed by atoms with van der Waals surface area (Å²) in [5.41, 5.74) is 0.363. The third-order valence-corrected chi connectivity index (χ3v) is 4.86. The van der Waals surface area contributed by atoms with E-state index >= 15 is 0 Å². The smallest absolute Gasteiger partial charge is 0.192 e. The van der Waals surface area contributed by atoms with Crippen LogP contribution in [0.2, 0.25) is 0 Å². The maximum absolute atomic E-state index is 14.1. The fraction of sp³-hybridized carbons (Fsp3) is 0.526. The Bertz CT molecular complexity index is 838. The molecule has 10 heteroatoms. The Kier molecular flexibility index (Phi) is 8.75. The van der Waals surface area contributed by atoms with E-state index in [9.17, 15) is 8.78 Å². The van der Waals surface area contributed by atoms with Crippen LogP contribution in [0.15, 0.2) is 23.2 Å². The van der Waals surface area contributed by atoms with Crippen molar-refractivity contribution in [2.75, 3.05) is 13.2 Å². The first-order valence-corrected chi connectivity index (χ1v) is 9.40. The molecule has 1 aromatic heterocycles. The second kappa shape index (κ2) is 10.8. The van der Waals surface area contributed by atoms with Gasteiger partial charge in [-0.05, 0) is 32.8 Å². The van der Waals surface area contributed by atoms with Gasteiger partial charge in [-0.15, -0.1) is 34.2 Å². The largest absolute Gasteiger partial charge is 0.376 e. The topological polar surface area (TPSA) is 76.4 Å². The van der Waals surface area contributed by atoms with Gasteiger partial charge in [0.2, 0.25) is 0 Å². The van der Waals surface area contributed by atoms with Crippen molar-refractivity contribution in [3.05, 3.63) is 47.0 Å². The summed E-state index contributed by atoms with van der Waals surface area (Å²) < 4.78 is 34.8. The van der Waals surface area contributed by atoms with Crippen LogP contribution in [0, 0.1) is 18.6 Å². The fourth-order valence-electron chi connectivity index (χ4n) is 3.04. The van der Waals surface area contributed by atoms with Gasteiger partial charge in [0.25, 0.3) is 0 Å². The van der Waals surface area contributed by atoms with Gasteiger partial charge in [-0.2, -0.15) is 0 Å². The second-order valence-electron chi connectivity index (χ2n) is 6.94. The molecule has 1 fully saturated rings. The Morgan fingerprint density at radius 1 is 1.38 bits per heavy atom. The van der Waals surface area contributed by atoms with Crippen molar-refractivity contribution in [2.45, 2.75) is 45.4 Å². The minimum absolute atomic E-state index is 0. The Morgan fingerprint density at radius 3 is 2.79 bits per heavy atom. The number of halogens is 3. The molecule has 2 aromatic rings. The molecule has 160 valence electrons. The van der Waals surface area contributed by atoms with Crippen LogP contribution in [0.25, 0.3) is 0 Å². The molecule has 29 heavy (non-hydrogen) atoms. The number of hydrogen-bond donors (Lipinski definition) is 2. The fourth-order valence-corrected chi connectivity index (χ4v) is 3.04. The van der Waals surface area contributed by atoms with E-state index in [0.717, 1.165) is 37.2 Å². The molecule has 7 nitrogen and oxygen atoms in total. The summed E-state index contributed by atoms with van der Waals surface area (Å²) in [7, 11) is 1.88. The molecule has 1 aromatic carbocycles. The predicted octanol–water partition coefficient (Wildman–Crippen LogP) is 3.00. The quantitative estimate of drug-likeness (QED) is 0.348. The van der Waals surface area contributed by atoms with Crippen molar-refractivity contribution in [1.29, 1.82) is 0 Å². The first kappa shape index (κ1) is 23.5. The summed E-state index contributed by atoms with van der Waals surface area (Å²) in [5, 5.41) is 14.6. The average Bonchev–Trinajstić information content (AvgIpc) is 3.28. The highest BCUT2D eigenvalue weighted by atomic mass is 127. The van der Waals surface area contributed by atoms with Gasteiger partial charge in [-0.25, -0.2) is 13.8 Å². The summed E-state index contributed by atoms with van der Waals surface area (Å²) >= 11 is 0. The van der Waals surface area contributed by atoms with Crippen molar-refractivity contribution in [3.8, 4) is 0 Å². The number of aliphatic imine (C=N–C) groups is 1. The highest BCUT2D eigenvalue weighted by Gasteiger charge is 2.18. The number of aryl methyl sites for hydroxylation is 1. The van der Waals surface area contributed by atoms with Crippen LogP contribution < -0.4 is 10.6 Å². The Balaban J connectivity index is 0.00000300. The van der Waals surface area contributed by atoms with Gasteiger partial charge >= 0.3 is 0 Å². The van der Waals surface area contributed by atoms with Crippen molar-refractivity contribution < 1.29 is 13.5 Å². The van der Waals surface area contributed by atoms with Gasteiger partial charge in [0.15, 0.2) is 11.8 Å². The van der Waals surface area contributed by atoms with Crippen LogP contribution in [0.5, 0.6) is 0 Å². The second-order valence-corrected chi connectivity index (χ2v) is 6.94. The zero-order valence-electron chi connectivity index (χ0n) is 16.8. The molecule has 1 aliphatic rings. The average molecular weight is 520 g/mol. The molecule has 1 saturated heterocycles. The number of benzene rings is 1. The van der Waals surface area contributed by atoms with Gasteiger partial charge in [-0.3, -0.25) is 0 Å². The maximum Gasteiger partial charge on any atom is 0.192 e. The molecular weight excluding hydrogens is 493 g/mol. The highest BCUT2D eigenvalue weighted by Crippen LogP contribution is 2.18. The molecule has 0 bridgehead atoms. The summed E-state index contributed by atoms with van der Waals surface area (Å²) in [5.74, 6) is 0.830. The number of rotatable bonds is 6. The van der Waals surface area contributed by atoms with Crippen molar-refractivity contribution >= 4 is 29.9 Å². The number of ether oxygens (including phenoxy) is 1. The van der Waals surface area contributed by atoms with Gasteiger partial charge in [0.1, 0.15) is 24.0 Å². The summed E-state index contributed by atoms with van der Waals surface area (Å²) in [6, 6.07) is 3.16. The molecule has 2 N–H and O–H groups in total. The molecule has 0 radical (unpaired) electrons. The van der Waals surface area contributed by atoms with E-state index in [2.05, 4.69) is 25.8 Å². The number of aromatic nitrogens is 3. The zero-order chi connectivity index (χ0) is 20.1. The van der Waals surface area contributed by atoms with Gasteiger partial charge in [0, 0.05) is 31.8 Å². The molecule has 3 rings (SSSR count). The molecule has 0 spiro atoms. The van der Waals surface area contributed by atoms with Crippen molar-refractivity contribution in [2.24, 2.45) is 12.0 Å². The molecule has 1 aliphatic heterocycles. The first-order valence-electron chi connectivity index (χ1n) is 9.40. The van der Waals surface area contributed by atoms with E-state index in [1.807, 2.05) is 18.5 Å². The number of guanidine groups is 1. The Labute approximate surface area is 186 Å². The van der Waals surface area contributed by atoms with Crippen LogP contribution in [-0.2, 0) is 18.3 Å². The third kappa shape index (κ3) is 6.33. The van der Waals surface area contributed by atoms with Crippen molar-refractivity contribution in [1.82, 2.24) is 25.4 Å². The lowest BCUT2D eigenvalue weighted by Gasteiger charge is -2.20. The first-order chi connectivity index (χ1) is 13.4. The van der Waals surface area contributed by atoms with Crippen LogP contribution in [0.3, 0.4) is 0 Å². The number of nitrogens with zero attached hydrogens (tertiary/aromatic N) is 4. The van der Waals surface area contributed by atoms with E-state index in [1.165, 1.54) is 12.1 Å². The van der Waals surface area contributed by atoms with Gasteiger partial charge < -0.3 is 19.9 Å². The standard InChI is InChI=1S/C19H26F2N6O.HI/c1-12(16-7-6-14(20)9-17(16)21)24-19(22-10-15-5-4-8-28-15)23-11-18-26-25-13(2)27(18)3;/h6-7,9,12,15H,4-5,8,10-11H2,1-3H3,(H2,22,23,24);1H. The molecule has 0 saturated carbocycles. The molecular formula is C19H27F2IN6O. The normalized spacial score (nSPS) is 17.7. The zero-order valence-corrected chi connectivity index (χ0v) is 19.1. The lowest BCUT2D eigenvalue weighted by molar-refractivity contribution is 0.113. The van der Waals surface area contributed by atoms with E-state index in [-0.39, 0.29) is 30.1 Å². The maximum atomic E-state index is 14.1. The number of nitrogens with one attached hydrogen (secondary N) is 2.